The van der Waals surface area contributed by atoms with Crippen LogP contribution < -0.4 is 5.46 Å². The van der Waals surface area contributed by atoms with E-state index in [2.05, 4.69) is 95.5 Å². The summed E-state index contributed by atoms with van der Waals surface area (Å²) < 4.78 is 12.2. The van der Waals surface area contributed by atoms with Crippen molar-refractivity contribution >= 4 is 26.7 Å². The molecule has 0 atom stereocenters. The van der Waals surface area contributed by atoms with Crippen LogP contribution in [0.15, 0.2) is 42.1 Å². The maximum absolute atomic E-state index is 6.08. The van der Waals surface area contributed by atoms with Crippen LogP contribution in [0.2, 0.25) is 19.6 Å². The van der Waals surface area contributed by atoms with E-state index in [1.54, 1.807) is 0 Å². The topological polar surface area (TPSA) is 18.5 Å². The highest BCUT2D eigenvalue weighted by atomic mass is 28.3. The third-order valence-electron chi connectivity index (χ3n) is 4.46. The summed E-state index contributed by atoms with van der Waals surface area (Å²) >= 11 is 0. The molecule has 0 aliphatic carbocycles. The van der Waals surface area contributed by atoms with E-state index in [1.807, 2.05) is 0 Å². The van der Waals surface area contributed by atoms with E-state index in [9.17, 15) is 0 Å². The molecule has 124 valence electrons. The van der Waals surface area contributed by atoms with Gasteiger partial charge in [-0.1, -0.05) is 67.8 Å². The molecule has 4 heteroatoms. The molecule has 1 aromatic carbocycles. The zero-order chi connectivity index (χ0) is 17.3. The summed E-state index contributed by atoms with van der Waals surface area (Å²) in [7, 11) is -1.40. The Morgan fingerprint density at radius 2 is 1.39 bits per heavy atom. The fraction of sp³-hybridized carbons (Fsp3) is 0.474. The summed E-state index contributed by atoms with van der Waals surface area (Å²) in [5, 5.41) is 0. The molecular formula is C19H29BO2Si. The van der Waals surface area contributed by atoms with E-state index < -0.39 is 8.07 Å². The normalized spacial score (nSPS) is 20.7. The predicted octanol–water partition coefficient (Wildman–Crippen LogP) is 4.43. The highest BCUT2D eigenvalue weighted by molar-refractivity contribution is 6.81. The van der Waals surface area contributed by atoms with Gasteiger partial charge in [0, 0.05) is 0 Å². The van der Waals surface area contributed by atoms with Crippen LogP contribution in [0.4, 0.5) is 0 Å². The lowest BCUT2D eigenvalue weighted by molar-refractivity contribution is 0.00578. The minimum atomic E-state index is -1.11. The van der Waals surface area contributed by atoms with Gasteiger partial charge in [-0.05, 0) is 38.7 Å². The second kappa shape index (κ2) is 6.42. The minimum Gasteiger partial charge on any atom is -0.399 e. The number of hydrogen-bond acceptors (Lipinski definition) is 2. The molecule has 23 heavy (non-hydrogen) atoms. The van der Waals surface area contributed by atoms with Gasteiger partial charge in [0.2, 0.25) is 0 Å². The number of rotatable bonds is 4. The first-order chi connectivity index (χ1) is 10.5. The molecule has 0 radical (unpaired) electrons. The zero-order valence-electron chi connectivity index (χ0n) is 15.5. The summed E-state index contributed by atoms with van der Waals surface area (Å²) in [5.41, 5.74) is 4.00. The van der Waals surface area contributed by atoms with Gasteiger partial charge in [-0.25, -0.2) is 0 Å². The minimum absolute atomic E-state index is 0.287. The molecule has 1 fully saturated rings. The Balaban J connectivity index is 2.04. The fourth-order valence-corrected chi connectivity index (χ4v) is 2.94. The number of benzene rings is 1. The van der Waals surface area contributed by atoms with Gasteiger partial charge in [0.05, 0.1) is 19.3 Å². The van der Waals surface area contributed by atoms with Crippen LogP contribution in [0.3, 0.4) is 0 Å². The summed E-state index contributed by atoms with van der Waals surface area (Å²) in [5.74, 6) is 0. The van der Waals surface area contributed by atoms with Gasteiger partial charge < -0.3 is 9.31 Å². The van der Waals surface area contributed by atoms with E-state index in [1.165, 1.54) is 5.56 Å². The standard InChI is InChI=1S/C19H29BO2Si/c1-18(2)19(3,4)22-20(21-18)17-13-11-16(12-14-17)10-8-9-15-23(5,6)7/h8-15H,1-7H3/b10-8+,15-9+. The van der Waals surface area contributed by atoms with Gasteiger partial charge in [0.15, 0.2) is 0 Å². The molecule has 1 aliphatic rings. The van der Waals surface area contributed by atoms with Crippen molar-refractivity contribution in [2.24, 2.45) is 0 Å². The molecule has 1 heterocycles. The largest absolute Gasteiger partial charge is 0.494 e. The van der Waals surface area contributed by atoms with Crippen molar-refractivity contribution in [3.8, 4) is 0 Å². The summed E-state index contributed by atoms with van der Waals surface area (Å²) in [6.07, 6.45) is 6.40. The van der Waals surface area contributed by atoms with Gasteiger partial charge in [-0.15, -0.1) is 0 Å². The summed E-state index contributed by atoms with van der Waals surface area (Å²) in [6, 6.07) is 8.40. The van der Waals surface area contributed by atoms with E-state index >= 15 is 0 Å². The molecule has 0 N–H and O–H groups in total. The first-order valence-corrected chi connectivity index (χ1v) is 11.9. The Morgan fingerprint density at radius 1 is 0.870 bits per heavy atom. The molecule has 2 rings (SSSR count). The molecule has 1 saturated heterocycles. The molecule has 0 aromatic heterocycles. The monoisotopic (exact) mass is 328 g/mol. The molecular weight excluding hydrogens is 299 g/mol. The smallest absolute Gasteiger partial charge is 0.399 e. The lowest BCUT2D eigenvalue weighted by Crippen LogP contribution is -2.41. The number of allylic oxidation sites excluding steroid dienone is 2. The van der Waals surface area contributed by atoms with Gasteiger partial charge >= 0.3 is 7.12 Å². The SMILES string of the molecule is CC1(C)OB(c2ccc(/C=C/C=C/[Si](C)(C)C)cc2)OC1(C)C. The highest BCUT2D eigenvalue weighted by Gasteiger charge is 2.51. The van der Waals surface area contributed by atoms with Crippen LogP contribution in [0.25, 0.3) is 6.08 Å². The van der Waals surface area contributed by atoms with Crippen molar-refractivity contribution in [3.63, 3.8) is 0 Å². The quantitative estimate of drug-likeness (QED) is 0.601. The van der Waals surface area contributed by atoms with Gasteiger partial charge in [-0.2, -0.15) is 0 Å². The molecule has 1 aromatic rings. The molecule has 0 amide bonds. The lowest BCUT2D eigenvalue weighted by atomic mass is 9.79. The van der Waals surface area contributed by atoms with E-state index in [4.69, 9.17) is 9.31 Å². The predicted molar refractivity (Wildman–Crippen MR) is 104 cm³/mol. The molecule has 0 spiro atoms. The Kier molecular flexibility index (Phi) is 5.09. The fourth-order valence-electron chi connectivity index (χ4n) is 2.25. The van der Waals surface area contributed by atoms with Crippen LogP contribution in [0, 0.1) is 0 Å². The van der Waals surface area contributed by atoms with Crippen molar-refractivity contribution in [1.82, 2.24) is 0 Å². The third kappa shape index (κ3) is 4.69. The third-order valence-corrected chi connectivity index (χ3v) is 5.65. The zero-order valence-corrected chi connectivity index (χ0v) is 16.5. The molecule has 2 nitrogen and oxygen atoms in total. The average molecular weight is 328 g/mol. The molecule has 0 saturated carbocycles. The summed E-state index contributed by atoms with van der Waals surface area (Å²) in [4.78, 5) is 0. The Labute approximate surface area is 142 Å². The van der Waals surface area contributed by atoms with Crippen LogP contribution in [0.5, 0.6) is 0 Å². The van der Waals surface area contributed by atoms with Crippen molar-refractivity contribution in [2.45, 2.75) is 58.5 Å². The molecule has 0 bridgehead atoms. The van der Waals surface area contributed by atoms with Crippen molar-refractivity contribution in [3.05, 3.63) is 47.7 Å². The second-order valence-electron chi connectivity index (χ2n) is 8.34. The van der Waals surface area contributed by atoms with E-state index in [0.717, 1.165) is 5.46 Å². The molecule has 0 unspecified atom stereocenters. The summed E-state index contributed by atoms with van der Waals surface area (Å²) in [6.45, 7) is 15.3. The van der Waals surface area contributed by atoms with E-state index in [-0.39, 0.29) is 18.3 Å². The van der Waals surface area contributed by atoms with Crippen LogP contribution in [-0.4, -0.2) is 26.4 Å². The number of hydrogen-bond donors (Lipinski definition) is 0. The maximum atomic E-state index is 6.08. The first kappa shape index (κ1) is 18.2. The average Bonchev–Trinajstić information content (AvgIpc) is 2.63. The van der Waals surface area contributed by atoms with Crippen LogP contribution in [-0.2, 0) is 9.31 Å². The Morgan fingerprint density at radius 3 is 1.87 bits per heavy atom. The van der Waals surface area contributed by atoms with Gasteiger partial charge in [0.1, 0.15) is 0 Å². The van der Waals surface area contributed by atoms with Gasteiger partial charge in [0.25, 0.3) is 0 Å². The Bertz CT molecular complexity index is 579. The van der Waals surface area contributed by atoms with Crippen molar-refractivity contribution in [2.75, 3.05) is 0 Å². The van der Waals surface area contributed by atoms with Crippen LogP contribution >= 0.6 is 0 Å². The second-order valence-corrected chi connectivity index (χ2v) is 13.4. The first-order valence-electron chi connectivity index (χ1n) is 8.32. The maximum Gasteiger partial charge on any atom is 0.494 e. The Hall–Kier alpha value is -1.10. The van der Waals surface area contributed by atoms with Crippen molar-refractivity contribution in [1.29, 1.82) is 0 Å². The van der Waals surface area contributed by atoms with E-state index in [0.29, 0.717) is 0 Å². The van der Waals surface area contributed by atoms with Crippen molar-refractivity contribution < 1.29 is 9.31 Å². The van der Waals surface area contributed by atoms with Crippen LogP contribution in [0.1, 0.15) is 33.3 Å². The van der Waals surface area contributed by atoms with Gasteiger partial charge in [-0.3, -0.25) is 0 Å². The highest BCUT2D eigenvalue weighted by Crippen LogP contribution is 2.36. The molecule has 1 aliphatic heterocycles. The lowest BCUT2D eigenvalue weighted by Gasteiger charge is -2.32.